The van der Waals surface area contributed by atoms with Gasteiger partial charge in [0.2, 0.25) is 5.91 Å². The van der Waals surface area contributed by atoms with E-state index in [1.165, 1.54) is 16.7 Å². The van der Waals surface area contributed by atoms with Crippen LogP contribution >= 0.6 is 11.8 Å². The summed E-state index contributed by atoms with van der Waals surface area (Å²) in [6, 6.07) is 11.3. The van der Waals surface area contributed by atoms with Crippen molar-refractivity contribution in [1.82, 2.24) is 25.0 Å². The number of aromatic nitrogens is 3. The number of benzene rings is 1. The summed E-state index contributed by atoms with van der Waals surface area (Å²) in [7, 11) is 0. The highest BCUT2D eigenvalue weighted by atomic mass is 32.2. The maximum atomic E-state index is 11.7. The van der Waals surface area contributed by atoms with Crippen molar-refractivity contribution in [2.45, 2.75) is 12.1 Å². The van der Waals surface area contributed by atoms with Gasteiger partial charge in [0.25, 0.3) is 0 Å². The second kappa shape index (κ2) is 7.28. The fourth-order valence-corrected chi connectivity index (χ4v) is 3.75. The standard InChI is InChI=1S/C18H17N5O3S/c1-12-14(7-9-26-12)16-20-21-18(23(16)13-5-3-2-4-6-13)27-10-8-22-15(24)11-19-17(22)25/h2-7,9H,8,10-11H2,1H3,(H,19,25). The number of imide groups is 1. The normalized spacial score (nSPS) is 14.0. The van der Waals surface area contributed by atoms with Crippen molar-refractivity contribution in [2.24, 2.45) is 0 Å². The molecular weight excluding hydrogens is 366 g/mol. The van der Waals surface area contributed by atoms with Crippen LogP contribution < -0.4 is 5.32 Å². The van der Waals surface area contributed by atoms with Crippen LogP contribution in [-0.4, -0.2) is 50.4 Å². The molecular formula is C18H17N5O3S. The number of carbonyl (C=O) groups is 2. The second-order valence-electron chi connectivity index (χ2n) is 5.92. The lowest BCUT2D eigenvalue weighted by molar-refractivity contribution is -0.124. The summed E-state index contributed by atoms with van der Waals surface area (Å²) in [5, 5.41) is 11.9. The van der Waals surface area contributed by atoms with Crippen LogP contribution in [0.2, 0.25) is 0 Å². The summed E-state index contributed by atoms with van der Waals surface area (Å²) in [5.74, 6) is 1.76. The molecule has 27 heavy (non-hydrogen) atoms. The summed E-state index contributed by atoms with van der Waals surface area (Å²) < 4.78 is 7.37. The van der Waals surface area contributed by atoms with E-state index in [1.807, 2.05) is 47.9 Å². The minimum atomic E-state index is -0.347. The minimum Gasteiger partial charge on any atom is -0.469 e. The molecule has 1 N–H and O–H groups in total. The van der Waals surface area contributed by atoms with E-state index in [-0.39, 0.29) is 18.5 Å². The lowest BCUT2D eigenvalue weighted by atomic mass is 10.2. The van der Waals surface area contributed by atoms with Gasteiger partial charge in [-0.25, -0.2) is 4.79 Å². The van der Waals surface area contributed by atoms with Gasteiger partial charge in [-0.05, 0) is 25.1 Å². The van der Waals surface area contributed by atoms with Crippen molar-refractivity contribution in [3.63, 3.8) is 0 Å². The number of rotatable bonds is 6. The van der Waals surface area contributed by atoms with E-state index < -0.39 is 0 Å². The van der Waals surface area contributed by atoms with E-state index in [4.69, 9.17) is 4.42 Å². The van der Waals surface area contributed by atoms with Crippen molar-refractivity contribution >= 4 is 23.7 Å². The number of carbonyl (C=O) groups excluding carboxylic acids is 2. The van der Waals surface area contributed by atoms with Gasteiger partial charge >= 0.3 is 6.03 Å². The molecule has 8 nitrogen and oxygen atoms in total. The molecule has 1 saturated heterocycles. The third-order valence-corrected chi connectivity index (χ3v) is 5.14. The van der Waals surface area contributed by atoms with Crippen LogP contribution in [0.5, 0.6) is 0 Å². The third kappa shape index (κ3) is 3.33. The quantitative estimate of drug-likeness (QED) is 0.519. The van der Waals surface area contributed by atoms with E-state index in [1.54, 1.807) is 6.26 Å². The predicted octanol–water partition coefficient (Wildman–Crippen LogP) is 2.48. The van der Waals surface area contributed by atoms with Gasteiger partial charge in [-0.2, -0.15) is 0 Å². The molecule has 4 rings (SSSR count). The Morgan fingerprint density at radius 3 is 2.67 bits per heavy atom. The highest BCUT2D eigenvalue weighted by molar-refractivity contribution is 7.99. The summed E-state index contributed by atoms with van der Waals surface area (Å²) in [6.07, 6.45) is 1.62. The Morgan fingerprint density at radius 1 is 1.19 bits per heavy atom. The Hall–Kier alpha value is -3.07. The lowest BCUT2D eigenvalue weighted by Crippen LogP contribution is -2.32. The summed E-state index contributed by atoms with van der Waals surface area (Å²) in [6.45, 7) is 2.26. The number of furan rings is 1. The van der Waals surface area contributed by atoms with Crippen LogP contribution in [0.15, 0.2) is 52.2 Å². The first-order valence-corrected chi connectivity index (χ1v) is 9.40. The van der Waals surface area contributed by atoms with Gasteiger partial charge in [-0.3, -0.25) is 14.3 Å². The van der Waals surface area contributed by atoms with E-state index in [9.17, 15) is 9.59 Å². The van der Waals surface area contributed by atoms with Crippen molar-refractivity contribution in [3.8, 4) is 17.1 Å². The fourth-order valence-electron chi connectivity index (χ4n) is 2.87. The molecule has 138 valence electrons. The second-order valence-corrected chi connectivity index (χ2v) is 6.98. The van der Waals surface area contributed by atoms with Crippen LogP contribution in [0.3, 0.4) is 0 Å². The van der Waals surface area contributed by atoms with Crippen molar-refractivity contribution in [1.29, 1.82) is 0 Å². The Kier molecular flexibility index (Phi) is 4.68. The summed E-state index contributed by atoms with van der Waals surface area (Å²) >= 11 is 1.44. The number of hydrogen-bond donors (Lipinski definition) is 1. The van der Waals surface area contributed by atoms with Gasteiger partial charge in [-0.1, -0.05) is 30.0 Å². The summed E-state index contributed by atoms with van der Waals surface area (Å²) in [4.78, 5) is 24.6. The van der Waals surface area contributed by atoms with Crippen molar-refractivity contribution in [2.75, 3.05) is 18.8 Å². The number of para-hydroxylation sites is 1. The SMILES string of the molecule is Cc1occc1-c1nnc(SCCN2C(=O)CNC2=O)n1-c1ccccc1. The average Bonchev–Trinajstić information content (AvgIpc) is 3.37. The fraction of sp³-hybridized carbons (Fsp3) is 0.222. The number of aryl methyl sites for hydroxylation is 1. The monoisotopic (exact) mass is 383 g/mol. The Labute approximate surface area is 159 Å². The number of amides is 3. The molecule has 0 atom stereocenters. The van der Waals surface area contributed by atoms with Gasteiger partial charge in [0.15, 0.2) is 11.0 Å². The maximum Gasteiger partial charge on any atom is 0.324 e. The molecule has 1 aliphatic rings. The molecule has 3 heterocycles. The Bertz CT molecular complexity index is 966. The molecule has 0 radical (unpaired) electrons. The molecule has 1 aliphatic heterocycles. The van der Waals surface area contributed by atoms with Crippen LogP contribution in [-0.2, 0) is 4.79 Å². The first-order chi connectivity index (χ1) is 13.1. The van der Waals surface area contributed by atoms with Gasteiger partial charge in [0.05, 0.1) is 18.4 Å². The minimum absolute atomic E-state index is 0.0631. The van der Waals surface area contributed by atoms with Gasteiger partial charge < -0.3 is 9.73 Å². The number of nitrogens with zero attached hydrogens (tertiary/aromatic N) is 4. The van der Waals surface area contributed by atoms with Crippen LogP contribution in [0, 0.1) is 6.92 Å². The molecule has 0 bridgehead atoms. The number of urea groups is 1. The molecule has 3 aromatic rings. The van der Waals surface area contributed by atoms with Crippen molar-refractivity contribution < 1.29 is 14.0 Å². The first-order valence-electron chi connectivity index (χ1n) is 8.41. The number of hydrogen-bond acceptors (Lipinski definition) is 6. The van der Waals surface area contributed by atoms with Gasteiger partial charge in [-0.15, -0.1) is 10.2 Å². The van der Waals surface area contributed by atoms with E-state index in [0.29, 0.717) is 23.3 Å². The highest BCUT2D eigenvalue weighted by Crippen LogP contribution is 2.30. The zero-order valence-electron chi connectivity index (χ0n) is 14.6. The summed E-state index contributed by atoms with van der Waals surface area (Å²) in [5.41, 5.74) is 1.79. The van der Waals surface area contributed by atoms with E-state index in [0.717, 1.165) is 17.0 Å². The van der Waals surface area contributed by atoms with E-state index >= 15 is 0 Å². The molecule has 0 aliphatic carbocycles. The first kappa shape index (κ1) is 17.3. The van der Waals surface area contributed by atoms with E-state index in [2.05, 4.69) is 15.5 Å². The van der Waals surface area contributed by atoms with Crippen LogP contribution in [0.25, 0.3) is 17.1 Å². The highest BCUT2D eigenvalue weighted by Gasteiger charge is 2.28. The smallest absolute Gasteiger partial charge is 0.324 e. The molecule has 9 heteroatoms. The van der Waals surface area contributed by atoms with Gasteiger partial charge in [0, 0.05) is 18.0 Å². The molecule has 0 saturated carbocycles. The predicted molar refractivity (Wildman–Crippen MR) is 99.6 cm³/mol. The lowest BCUT2D eigenvalue weighted by Gasteiger charge is -2.12. The number of nitrogens with one attached hydrogen (secondary N) is 1. The van der Waals surface area contributed by atoms with Crippen molar-refractivity contribution in [3.05, 3.63) is 48.4 Å². The maximum absolute atomic E-state index is 11.7. The molecule has 3 amide bonds. The average molecular weight is 383 g/mol. The molecule has 2 aromatic heterocycles. The Morgan fingerprint density at radius 2 is 2.00 bits per heavy atom. The van der Waals surface area contributed by atoms with Crippen LogP contribution in [0.1, 0.15) is 5.76 Å². The molecule has 0 unspecified atom stereocenters. The number of thioether (sulfide) groups is 1. The largest absolute Gasteiger partial charge is 0.469 e. The topological polar surface area (TPSA) is 93.3 Å². The van der Waals surface area contributed by atoms with Gasteiger partial charge in [0.1, 0.15) is 5.76 Å². The third-order valence-electron chi connectivity index (χ3n) is 4.23. The van der Waals surface area contributed by atoms with Crippen LogP contribution in [0.4, 0.5) is 4.79 Å². The Balaban J connectivity index is 1.61. The zero-order chi connectivity index (χ0) is 18.8. The molecule has 1 fully saturated rings. The zero-order valence-corrected chi connectivity index (χ0v) is 15.4. The molecule has 0 spiro atoms. The molecule has 1 aromatic carbocycles.